The lowest BCUT2D eigenvalue weighted by molar-refractivity contribution is -0.141. The van der Waals surface area contributed by atoms with Crippen molar-refractivity contribution in [2.75, 3.05) is 18.4 Å². The average Bonchev–Trinajstić information content (AvgIpc) is 3.05. The molecule has 2 amide bonds. The van der Waals surface area contributed by atoms with Gasteiger partial charge in [-0.1, -0.05) is 6.92 Å². The van der Waals surface area contributed by atoms with Gasteiger partial charge in [0.25, 0.3) is 0 Å². The molecular formula is C14H22N4O3. The molecule has 2 N–H and O–H groups in total. The lowest BCUT2D eigenvalue weighted by atomic mass is 10.1. The van der Waals surface area contributed by atoms with Crippen LogP contribution in [0.25, 0.3) is 0 Å². The third-order valence-corrected chi connectivity index (χ3v) is 3.99. The first-order valence-electron chi connectivity index (χ1n) is 7.27. The van der Waals surface area contributed by atoms with Gasteiger partial charge in [0.15, 0.2) is 5.82 Å². The van der Waals surface area contributed by atoms with Crippen LogP contribution in [0.3, 0.4) is 0 Å². The SMILES string of the molecule is CCC(C)n1nc(NC(=O)N2CCC(C(=O)O)C2)cc1C. The molecule has 1 fully saturated rings. The van der Waals surface area contributed by atoms with Crippen LogP contribution < -0.4 is 5.32 Å². The van der Waals surface area contributed by atoms with E-state index in [1.807, 2.05) is 17.7 Å². The molecule has 0 radical (unpaired) electrons. The number of amides is 2. The molecule has 1 aliphatic rings. The molecule has 1 aromatic heterocycles. The van der Waals surface area contributed by atoms with Crippen LogP contribution in [0.2, 0.25) is 0 Å². The van der Waals surface area contributed by atoms with Crippen LogP contribution in [0.4, 0.5) is 10.6 Å². The summed E-state index contributed by atoms with van der Waals surface area (Å²) in [6.07, 6.45) is 1.46. The first-order chi connectivity index (χ1) is 9.92. The maximum Gasteiger partial charge on any atom is 0.323 e. The van der Waals surface area contributed by atoms with Crippen LogP contribution in [-0.4, -0.2) is 44.9 Å². The first kappa shape index (κ1) is 15.3. The number of rotatable bonds is 4. The highest BCUT2D eigenvalue weighted by molar-refractivity contribution is 5.89. The number of aliphatic carboxylic acids is 1. The maximum atomic E-state index is 12.1. The fourth-order valence-corrected chi connectivity index (χ4v) is 2.50. The highest BCUT2D eigenvalue weighted by Crippen LogP contribution is 2.19. The van der Waals surface area contributed by atoms with Gasteiger partial charge in [-0.15, -0.1) is 0 Å². The Morgan fingerprint density at radius 1 is 1.57 bits per heavy atom. The summed E-state index contributed by atoms with van der Waals surface area (Å²) < 4.78 is 1.89. The zero-order valence-corrected chi connectivity index (χ0v) is 12.7. The van der Waals surface area contributed by atoms with Gasteiger partial charge in [-0.05, 0) is 26.7 Å². The third-order valence-electron chi connectivity index (χ3n) is 3.99. The van der Waals surface area contributed by atoms with E-state index in [9.17, 15) is 9.59 Å². The summed E-state index contributed by atoms with van der Waals surface area (Å²) in [5, 5.41) is 16.1. The first-order valence-corrected chi connectivity index (χ1v) is 7.27. The Bertz CT molecular complexity index is 540. The highest BCUT2D eigenvalue weighted by Gasteiger charge is 2.31. The second kappa shape index (κ2) is 6.15. The average molecular weight is 294 g/mol. The molecular weight excluding hydrogens is 272 g/mol. The minimum atomic E-state index is -0.845. The van der Waals surface area contributed by atoms with Gasteiger partial charge in [-0.3, -0.25) is 14.8 Å². The van der Waals surface area contributed by atoms with Gasteiger partial charge in [-0.25, -0.2) is 4.79 Å². The summed E-state index contributed by atoms with van der Waals surface area (Å²) in [7, 11) is 0. The Labute approximate surface area is 123 Å². The molecule has 0 aliphatic carbocycles. The lowest BCUT2D eigenvalue weighted by Crippen LogP contribution is -2.34. The molecule has 1 aliphatic heterocycles. The summed E-state index contributed by atoms with van der Waals surface area (Å²) in [5.74, 6) is -0.797. The number of carboxylic acids is 1. The van der Waals surface area contributed by atoms with Gasteiger partial charge in [0.05, 0.1) is 5.92 Å². The number of carbonyl (C=O) groups is 2. The van der Waals surface area contributed by atoms with Crippen molar-refractivity contribution < 1.29 is 14.7 Å². The molecule has 7 heteroatoms. The van der Waals surface area contributed by atoms with Crippen molar-refractivity contribution in [2.45, 2.75) is 39.7 Å². The Balaban J connectivity index is 1.99. The van der Waals surface area contributed by atoms with E-state index in [-0.39, 0.29) is 18.6 Å². The van der Waals surface area contributed by atoms with Crippen molar-refractivity contribution in [2.24, 2.45) is 5.92 Å². The summed E-state index contributed by atoms with van der Waals surface area (Å²) in [4.78, 5) is 24.5. The normalized spacial score (nSPS) is 19.6. The number of aryl methyl sites for hydroxylation is 1. The molecule has 2 unspecified atom stereocenters. The number of nitrogens with one attached hydrogen (secondary N) is 1. The topological polar surface area (TPSA) is 87.5 Å². The molecule has 1 aromatic rings. The Morgan fingerprint density at radius 3 is 2.86 bits per heavy atom. The smallest absolute Gasteiger partial charge is 0.323 e. The van der Waals surface area contributed by atoms with E-state index in [1.54, 1.807) is 0 Å². The van der Waals surface area contributed by atoms with Crippen LogP contribution >= 0.6 is 0 Å². The minimum Gasteiger partial charge on any atom is -0.481 e. The number of carbonyl (C=O) groups excluding carboxylic acids is 1. The van der Waals surface area contributed by atoms with Gasteiger partial charge in [0, 0.05) is 30.9 Å². The van der Waals surface area contributed by atoms with E-state index < -0.39 is 11.9 Å². The number of aromatic nitrogens is 2. The van der Waals surface area contributed by atoms with Gasteiger partial charge < -0.3 is 10.0 Å². The molecule has 2 rings (SSSR count). The zero-order chi connectivity index (χ0) is 15.6. The largest absolute Gasteiger partial charge is 0.481 e. The van der Waals surface area contributed by atoms with E-state index in [0.717, 1.165) is 12.1 Å². The number of hydrogen-bond donors (Lipinski definition) is 2. The molecule has 1 saturated heterocycles. The standard InChI is InChI=1S/C14H22N4O3/c1-4-9(2)18-10(3)7-12(16-18)15-14(21)17-6-5-11(8-17)13(19)20/h7,9,11H,4-6,8H2,1-3H3,(H,19,20)(H,15,16,21). The number of hydrogen-bond acceptors (Lipinski definition) is 3. The molecule has 0 saturated carbocycles. The summed E-state index contributed by atoms with van der Waals surface area (Å²) in [6.45, 7) is 6.83. The van der Waals surface area contributed by atoms with Crippen molar-refractivity contribution in [3.8, 4) is 0 Å². The van der Waals surface area contributed by atoms with Crippen molar-refractivity contribution in [1.82, 2.24) is 14.7 Å². The van der Waals surface area contributed by atoms with Crippen molar-refractivity contribution >= 4 is 17.8 Å². The molecule has 2 heterocycles. The maximum absolute atomic E-state index is 12.1. The quantitative estimate of drug-likeness (QED) is 0.890. The predicted molar refractivity (Wildman–Crippen MR) is 78.3 cm³/mol. The monoisotopic (exact) mass is 294 g/mol. The number of nitrogens with zero attached hydrogens (tertiary/aromatic N) is 3. The van der Waals surface area contributed by atoms with Crippen LogP contribution in [0, 0.1) is 12.8 Å². The van der Waals surface area contributed by atoms with Crippen molar-refractivity contribution in [1.29, 1.82) is 0 Å². The predicted octanol–water partition coefficient (Wildman–Crippen LogP) is 2.10. The Morgan fingerprint density at radius 2 is 2.29 bits per heavy atom. The van der Waals surface area contributed by atoms with Gasteiger partial charge in [-0.2, -0.15) is 5.10 Å². The number of anilines is 1. The van der Waals surface area contributed by atoms with Crippen LogP contribution in [-0.2, 0) is 4.79 Å². The molecule has 2 atom stereocenters. The molecule has 0 spiro atoms. The Hall–Kier alpha value is -2.05. The van der Waals surface area contributed by atoms with Crippen LogP contribution in [0.15, 0.2) is 6.07 Å². The second-order valence-corrected chi connectivity index (χ2v) is 5.57. The fraction of sp³-hybridized carbons (Fsp3) is 0.643. The third kappa shape index (κ3) is 3.34. The van der Waals surface area contributed by atoms with Crippen LogP contribution in [0.5, 0.6) is 0 Å². The Kier molecular flexibility index (Phi) is 4.50. The number of likely N-dealkylation sites (tertiary alicyclic amines) is 1. The van der Waals surface area contributed by atoms with Crippen LogP contribution in [0.1, 0.15) is 38.4 Å². The summed E-state index contributed by atoms with van der Waals surface area (Å²) in [5.41, 5.74) is 0.990. The summed E-state index contributed by atoms with van der Waals surface area (Å²) in [6, 6.07) is 1.82. The van der Waals surface area contributed by atoms with E-state index in [0.29, 0.717) is 18.8 Å². The molecule has 116 valence electrons. The fourth-order valence-electron chi connectivity index (χ4n) is 2.50. The molecule has 21 heavy (non-hydrogen) atoms. The van der Waals surface area contributed by atoms with E-state index in [1.165, 1.54) is 4.90 Å². The second-order valence-electron chi connectivity index (χ2n) is 5.57. The van der Waals surface area contributed by atoms with E-state index in [2.05, 4.69) is 24.3 Å². The van der Waals surface area contributed by atoms with Crippen molar-refractivity contribution in [3.05, 3.63) is 11.8 Å². The number of carboxylic acid groups (broad SMARTS) is 1. The van der Waals surface area contributed by atoms with E-state index in [4.69, 9.17) is 5.11 Å². The minimum absolute atomic E-state index is 0.256. The molecule has 0 bridgehead atoms. The van der Waals surface area contributed by atoms with E-state index >= 15 is 0 Å². The van der Waals surface area contributed by atoms with Gasteiger partial charge in [0.1, 0.15) is 0 Å². The molecule has 0 aromatic carbocycles. The highest BCUT2D eigenvalue weighted by atomic mass is 16.4. The lowest BCUT2D eigenvalue weighted by Gasteiger charge is -2.15. The zero-order valence-electron chi connectivity index (χ0n) is 12.7. The molecule has 7 nitrogen and oxygen atoms in total. The summed E-state index contributed by atoms with van der Waals surface area (Å²) >= 11 is 0. The number of urea groups is 1. The van der Waals surface area contributed by atoms with Gasteiger partial charge in [0.2, 0.25) is 0 Å². The van der Waals surface area contributed by atoms with Crippen molar-refractivity contribution in [3.63, 3.8) is 0 Å². The van der Waals surface area contributed by atoms with Gasteiger partial charge >= 0.3 is 12.0 Å².